The summed E-state index contributed by atoms with van der Waals surface area (Å²) in [6, 6.07) is 1.94. The van der Waals surface area contributed by atoms with Gasteiger partial charge in [-0.15, -0.1) is 0 Å². The van der Waals surface area contributed by atoms with Crippen LogP contribution < -0.4 is 5.32 Å². The summed E-state index contributed by atoms with van der Waals surface area (Å²) in [5.41, 5.74) is 0.498. The van der Waals surface area contributed by atoms with E-state index in [1.165, 1.54) is 38.5 Å². The van der Waals surface area contributed by atoms with Crippen LogP contribution in [0.15, 0.2) is 18.7 Å². The molecule has 3 rings (SSSR count). The van der Waals surface area contributed by atoms with Gasteiger partial charge < -0.3 is 9.88 Å². The summed E-state index contributed by atoms with van der Waals surface area (Å²) < 4.78 is 2.31. The van der Waals surface area contributed by atoms with Crippen molar-refractivity contribution in [3.8, 4) is 0 Å². The predicted molar refractivity (Wildman–Crippen MR) is 82.6 cm³/mol. The van der Waals surface area contributed by atoms with Crippen LogP contribution in [0.3, 0.4) is 0 Å². The van der Waals surface area contributed by atoms with Crippen LogP contribution in [0.4, 0.5) is 0 Å². The monoisotopic (exact) mass is 275 g/mol. The SMILES string of the molecule is CC1CC(NC2CCCC2n2ccnc2)CC(C)(C)C1. The van der Waals surface area contributed by atoms with Gasteiger partial charge >= 0.3 is 0 Å². The molecular weight excluding hydrogens is 246 g/mol. The van der Waals surface area contributed by atoms with Gasteiger partial charge in [-0.1, -0.05) is 20.8 Å². The van der Waals surface area contributed by atoms with E-state index in [1.807, 2.05) is 12.5 Å². The molecule has 3 nitrogen and oxygen atoms in total. The third kappa shape index (κ3) is 3.08. The predicted octanol–water partition coefficient (Wildman–Crippen LogP) is 3.78. The van der Waals surface area contributed by atoms with Crippen LogP contribution >= 0.6 is 0 Å². The molecule has 0 aromatic carbocycles. The van der Waals surface area contributed by atoms with Gasteiger partial charge in [0.2, 0.25) is 0 Å². The number of imidazole rings is 1. The van der Waals surface area contributed by atoms with Gasteiger partial charge in [0, 0.05) is 30.5 Å². The highest BCUT2D eigenvalue weighted by Gasteiger charge is 2.35. The van der Waals surface area contributed by atoms with Gasteiger partial charge in [0.1, 0.15) is 0 Å². The van der Waals surface area contributed by atoms with E-state index in [1.54, 1.807) is 0 Å². The molecule has 2 aliphatic carbocycles. The fourth-order valence-electron chi connectivity index (χ4n) is 4.73. The zero-order chi connectivity index (χ0) is 14.2. The average Bonchev–Trinajstić information content (AvgIpc) is 2.95. The summed E-state index contributed by atoms with van der Waals surface area (Å²) in [5, 5.41) is 3.99. The summed E-state index contributed by atoms with van der Waals surface area (Å²) in [7, 11) is 0. The normalized spacial score (nSPS) is 37.1. The van der Waals surface area contributed by atoms with Crippen LogP contribution in [0.25, 0.3) is 0 Å². The Labute approximate surface area is 123 Å². The Kier molecular flexibility index (Phi) is 3.89. The third-order valence-electron chi connectivity index (χ3n) is 5.22. The standard InChI is InChI=1S/C17H29N3/c1-13-9-14(11-17(2,3)10-13)19-15-5-4-6-16(15)20-8-7-18-12-20/h7-8,12-16,19H,4-6,9-11H2,1-3H3. The van der Waals surface area contributed by atoms with Crippen molar-refractivity contribution >= 4 is 0 Å². The molecule has 2 aliphatic rings. The van der Waals surface area contributed by atoms with Crippen molar-refractivity contribution in [2.75, 3.05) is 0 Å². The summed E-state index contributed by atoms with van der Waals surface area (Å²) in [6.07, 6.45) is 14.0. The molecule has 0 radical (unpaired) electrons. The Morgan fingerprint density at radius 2 is 2.10 bits per heavy atom. The Bertz CT molecular complexity index is 423. The maximum absolute atomic E-state index is 4.22. The Morgan fingerprint density at radius 3 is 2.80 bits per heavy atom. The summed E-state index contributed by atoms with van der Waals surface area (Å²) >= 11 is 0. The Morgan fingerprint density at radius 1 is 1.25 bits per heavy atom. The first kappa shape index (κ1) is 14.1. The van der Waals surface area contributed by atoms with Gasteiger partial charge in [-0.3, -0.25) is 0 Å². The van der Waals surface area contributed by atoms with E-state index in [-0.39, 0.29) is 0 Å². The highest BCUT2D eigenvalue weighted by atomic mass is 15.1. The highest BCUT2D eigenvalue weighted by Crippen LogP contribution is 2.40. The highest BCUT2D eigenvalue weighted by molar-refractivity contribution is 4.95. The zero-order valence-electron chi connectivity index (χ0n) is 13.2. The van der Waals surface area contributed by atoms with Crippen molar-refractivity contribution in [3.05, 3.63) is 18.7 Å². The lowest BCUT2D eigenvalue weighted by Crippen LogP contribution is -2.46. The molecule has 0 amide bonds. The van der Waals surface area contributed by atoms with Gasteiger partial charge in [-0.25, -0.2) is 4.98 Å². The van der Waals surface area contributed by atoms with Crippen LogP contribution in [-0.2, 0) is 0 Å². The first-order valence-electron chi connectivity index (χ1n) is 8.27. The molecule has 1 aromatic rings. The molecule has 3 heteroatoms. The van der Waals surface area contributed by atoms with E-state index in [0.717, 1.165) is 5.92 Å². The van der Waals surface area contributed by atoms with Crippen LogP contribution in [0, 0.1) is 11.3 Å². The number of rotatable bonds is 3. The van der Waals surface area contributed by atoms with Crippen LogP contribution in [0.1, 0.15) is 65.3 Å². The lowest BCUT2D eigenvalue weighted by Gasteiger charge is -2.41. The van der Waals surface area contributed by atoms with Gasteiger partial charge in [0.15, 0.2) is 0 Å². The second-order valence-electron chi connectivity index (χ2n) is 7.89. The molecule has 0 spiro atoms. The molecule has 1 aromatic heterocycles. The van der Waals surface area contributed by atoms with Gasteiger partial charge in [-0.2, -0.15) is 0 Å². The molecular formula is C17H29N3. The van der Waals surface area contributed by atoms with E-state index in [0.29, 0.717) is 23.5 Å². The number of aromatic nitrogens is 2. The molecule has 2 fully saturated rings. The Balaban J connectivity index is 1.65. The molecule has 4 unspecified atom stereocenters. The quantitative estimate of drug-likeness (QED) is 0.909. The van der Waals surface area contributed by atoms with Gasteiger partial charge in [-0.05, 0) is 49.9 Å². The second kappa shape index (κ2) is 5.51. The van der Waals surface area contributed by atoms with Crippen LogP contribution in [-0.4, -0.2) is 21.6 Å². The first-order valence-corrected chi connectivity index (χ1v) is 8.27. The minimum absolute atomic E-state index is 0.498. The van der Waals surface area contributed by atoms with Crippen molar-refractivity contribution in [1.82, 2.24) is 14.9 Å². The number of nitrogens with zero attached hydrogens (tertiary/aromatic N) is 2. The fourth-order valence-corrected chi connectivity index (χ4v) is 4.73. The number of hydrogen-bond acceptors (Lipinski definition) is 2. The third-order valence-corrected chi connectivity index (χ3v) is 5.22. The molecule has 1 heterocycles. The van der Waals surface area contributed by atoms with E-state index >= 15 is 0 Å². The summed E-state index contributed by atoms with van der Waals surface area (Å²) in [5.74, 6) is 0.851. The first-order chi connectivity index (χ1) is 9.53. The maximum atomic E-state index is 4.22. The van der Waals surface area contributed by atoms with Crippen LogP contribution in [0.5, 0.6) is 0 Å². The smallest absolute Gasteiger partial charge is 0.0949 e. The summed E-state index contributed by atoms with van der Waals surface area (Å²) in [6.45, 7) is 7.27. The van der Waals surface area contributed by atoms with Gasteiger partial charge in [0.25, 0.3) is 0 Å². The van der Waals surface area contributed by atoms with Crippen molar-refractivity contribution < 1.29 is 0 Å². The average molecular weight is 275 g/mol. The molecule has 0 aliphatic heterocycles. The van der Waals surface area contributed by atoms with Crippen LogP contribution in [0.2, 0.25) is 0 Å². The van der Waals surface area contributed by atoms with E-state index in [9.17, 15) is 0 Å². The van der Waals surface area contributed by atoms with Crippen molar-refractivity contribution in [1.29, 1.82) is 0 Å². The molecule has 0 bridgehead atoms. The van der Waals surface area contributed by atoms with Crippen molar-refractivity contribution in [2.24, 2.45) is 11.3 Å². The van der Waals surface area contributed by atoms with E-state index < -0.39 is 0 Å². The molecule has 4 atom stereocenters. The minimum atomic E-state index is 0.498. The zero-order valence-corrected chi connectivity index (χ0v) is 13.2. The largest absolute Gasteiger partial charge is 0.333 e. The fraction of sp³-hybridized carbons (Fsp3) is 0.824. The molecule has 1 N–H and O–H groups in total. The lowest BCUT2D eigenvalue weighted by molar-refractivity contribution is 0.140. The maximum Gasteiger partial charge on any atom is 0.0949 e. The Hall–Kier alpha value is -0.830. The topological polar surface area (TPSA) is 29.9 Å². The van der Waals surface area contributed by atoms with E-state index in [2.05, 4.69) is 41.8 Å². The lowest BCUT2D eigenvalue weighted by atomic mass is 9.70. The molecule has 112 valence electrons. The molecule has 0 saturated heterocycles. The second-order valence-corrected chi connectivity index (χ2v) is 7.89. The molecule has 20 heavy (non-hydrogen) atoms. The van der Waals surface area contributed by atoms with Crippen molar-refractivity contribution in [2.45, 2.75) is 77.4 Å². The summed E-state index contributed by atoms with van der Waals surface area (Å²) in [4.78, 5) is 4.22. The number of nitrogens with one attached hydrogen (secondary N) is 1. The van der Waals surface area contributed by atoms with Gasteiger partial charge in [0.05, 0.1) is 6.33 Å². The van der Waals surface area contributed by atoms with E-state index in [4.69, 9.17) is 0 Å². The minimum Gasteiger partial charge on any atom is -0.333 e. The molecule has 2 saturated carbocycles. The van der Waals surface area contributed by atoms with Crippen molar-refractivity contribution in [3.63, 3.8) is 0 Å². The number of hydrogen-bond donors (Lipinski definition) is 1.